The Morgan fingerprint density at radius 3 is 1.98 bits per heavy atom. The molecule has 0 aliphatic carbocycles. The maximum atomic E-state index is 13.2. The van der Waals surface area contributed by atoms with Crippen molar-refractivity contribution >= 4 is 39.1 Å². The van der Waals surface area contributed by atoms with Crippen molar-refractivity contribution in [3.05, 3.63) is 59.7 Å². The zero-order valence-electron chi connectivity index (χ0n) is 29.4. The van der Waals surface area contributed by atoms with Crippen molar-refractivity contribution in [2.45, 2.75) is 83.8 Å². The molecule has 2 aromatic carbocycles. The second kappa shape index (κ2) is 22.4. The summed E-state index contributed by atoms with van der Waals surface area (Å²) in [6.45, 7) is 15.0. The van der Waals surface area contributed by atoms with E-state index in [1.165, 1.54) is 41.0 Å². The summed E-state index contributed by atoms with van der Waals surface area (Å²) in [4.78, 5) is 38.2. The van der Waals surface area contributed by atoms with Gasteiger partial charge in [-0.25, -0.2) is 18.0 Å². The Bertz CT molecular complexity index is 1350. The number of carbonyl (C=O) groups excluding carboxylic acids is 3. The Morgan fingerprint density at radius 2 is 1.54 bits per heavy atom. The number of benzene rings is 2. The SMILES string of the molecule is CCCOC(=O)Cl.CCN(CC)CC.C[C@H](Cc1ccc(OC(=O)N(C)C)cc1)NC(=O)[C@@H]1CCCN1S(=O)(=O)c1ccc(CN)cc1. The first-order valence-corrected chi connectivity index (χ1v) is 18.2. The maximum Gasteiger partial charge on any atom is 0.414 e. The smallest absolute Gasteiger partial charge is 0.414 e. The van der Waals surface area contributed by atoms with Gasteiger partial charge < -0.3 is 30.3 Å². The molecule has 1 fully saturated rings. The lowest BCUT2D eigenvalue weighted by Gasteiger charge is -2.25. The van der Waals surface area contributed by atoms with Gasteiger partial charge in [-0.2, -0.15) is 4.31 Å². The van der Waals surface area contributed by atoms with E-state index in [0.717, 1.165) is 17.5 Å². The fraction of sp³-hybridized carbons (Fsp3) is 0.559. The van der Waals surface area contributed by atoms with Gasteiger partial charge in [-0.3, -0.25) is 4.79 Å². The van der Waals surface area contributed by atoms with E-state index < -0.39 is 27.6 Å². The number of halogens is 1. The molecular formula is C34H54ClN5O7S. The largest absolute Gasteiger partial charge is 0.454 e. The molecule has 1 aliphatic rings. The van der Waals surface area contributed by atoms with Gasteiger partial charge in [-0.1, -0.05) is 52.0 Å². The highest BCUT2D eigenvalue weighted by Gasteiger charge is 2.39. The summed E-state index contributed by atoms with van der Waals surface area (Å²) in [6, 6.07) is 12.6. The number of rotatable bonds is 13. The minimum absolute atomic E-state index is 0.160. The van der Waals surface area contributed by atoms with Crippen LogP contribution in [-0.2, 0) is 32.5 Å². The van der Waals surface area contributed by atoms with Gasteiger partial charge in [0.1, 0.15) is 11.8 Å². The standard InChI is InChI=1S/C24H32N4O5S.C6H15N.C4H7ClO2/c1-17(15-18-6-10-20(11-7-18)33-24(30)27(2)3)26-23(29)22-5-4-14-28(22)34(31,32)21-12-8-19(16-25)9-13-21;1-4-7(5-2)6-3;1-2-3-7-4(5)6/h6-13,17,22H,4-5,14-16,25H2,1-3H3,(H,26,29);4-6H2,1-3H3;2-3H2,1H3/t17-,22+;;/m1../s1. The van der Waals surface area contributed by atoms with Crippen LogP contribution in [0.5, 0.6) is 5.75 Å². The Hall–Kier alpha value is -3.23. The molecular weight excluding hydrogens is 658 g/mol. The van der Waals surface area contributed by atoms with E-state index in [0.29, 0.717) is 44.7 Å². The maximum absolute atomic E-state index is 13.2. The lowest BCUT2D eigenvalue weighted by atomic mass is 10.1. The van der Waals surface area contributed by atoms with Gasteiger partial charge in [-0.15, -0.1) is 0 Å². The summed E-state index contributed by atoms with van der Waals surface area (Å²) in [5.74, 6) is 0.133. The molecule has 48 heavy (non-hydrogen) atoms. The van der Waals surface area contributed by atoms with Crippen LogP contribution in [0.3, 0.4) is 0 Å². The van der Waals surface area contributed by atoms with Gasteiger partial charge in [0.2, 0.25) is 15.9 Å². The van der Waals surface area contributed by atoms with E-state index in [1.807, 2.05) is 26.0 Å². The number of ether oxygens (including phenoxy) is 2. The molecule has 0 spiro atoms. The second-order valence-corrected chi connectivity index (χ2v) is 13.5. The minimum Gasteiger partial charge on any atom is -0.454 e. The van der Waals surface area contributed by atoms with Crippen molar-refractivity contribution in [3.8, 4) is 5.75 Å². The van der Waals surface area contributed by atoms with E-state index in [2.05, 4.69) is 35.7 Å². The molecule has 2 atom stereocenters. The normalized spacial score (nSPS) is 14.9. The van der Waals surface area contributed by atoms with Crippen LogP contribution in [0.1, 0.15) is 65.0 Å². The van der Waals surface area contributed by atoms with Crippen LogP contribution in [0.4, 0.5) is 9.59 Å². The first-order valence-electron chi connectivity index (χ1n) is 16.4. The highest BCUT2D eigenvalue weighted by molar-refractivity contribution is 7.89. The van der Waals surface area contributed by atoms with Crippen LogP contribution in [-0.4, -0.2) is 98.9 Å². The van der Waals surface area contributed by atoms with Crippen LogP contribution in [0.15, 0.2) is 53.4 Å². The second-order valence-electron chi connectivity index (χ2n) is 11.3. The third-order valence-corrected chi connectivity index (χ3v) is 9.49. The van der Waals surface area contributed by atoms with Crippen molar-refractivity contribution in [2.75, 3.05) is 46.9 Å². The summed E-state index contributed by atoms with van der Waals surface area (Å²) in [5.41, 5.74) is 6.67. The molecule has 0 saturated carbocycles. The van der Waals surface area contributed by atoms with Crippen molar-refractivity contribution in [3.63, 3.8) is 0 Å². The first-order chi connectivity index (χ1) is 22.7. The van der Waals surface area contributed by atoms with Crippen molar-refractivity contribution in [2.24, 2.45) is 5.73 Å². The molecule has 2 aromatic rings. The molecule has 3 N–H and O–H groups in total. The number of nitrogens with two attached hydrogens (primary N) is 1. The number of nitrogens with zero attached hydrogens (tertiary/aromatic N) is 3. The summed E-state index contributed by atoms with van der Waals surface area (Å²) in [5, 5.41) is 2.95. The highest BCUT2D eigenvalue weighted by Crippen LogP contribution is 2.27. The molecule has 1 saturated heterocycles. The molecule has 0 radical (unpaired) electrons. The van der Waals surface area contributed by atoms with Crippen LogP contribution in [0.25, 0.3) is 0 Å². The van der Waals surface area contributed by atoms with Crippen molar-refractivity contribution in [1.29, 1.82) is 0 Å². The summed E-state index contributed by atoms with van der Waals surface area (Å²) in [7, 11) is -0.574. The number of hydrogen-bond donors (Lipinski definition) is 2. The molecule has 3 rings (SSSR count). The molecule has 2 amide bonds. The quantitative estimate of drug-likeness (QED) is 0.266. The zero-order chi connectivity index (χ0) is 36.3. The first kappa shape index (κ1) is 42.8. The average molecular weight is 712 g/mol. The molecule has 1 aliphatic heterocycles. The zero-order valence-corrected chi connectivity index (χ0v) is 31.0. The Morgan fingerprint density at radius 1 is 0.979 bits per heavy atom. The molecule has 0 unspecified atom stereocenters. The van der Waals surface area contributed by atoms with Gasteiger partial charge in [0.15, 0.2) is 0 Å². The van der Waals surface area contributed by atoms with Gasteiger partial charge in [0.25, 0.3) is 0 Å². The fourth-order valence-electron chi connectivity index (χ4n) is 4.71. The lowest BCUT2D eigenvalue weighted by molar-refractivity contribution is -0.124. The van der Waals surface area contributed by atoms with Crippen molar-refractivity contribution in [1.82, 2.24) is 19.4 Å². The Kier molecular flexibility index (Phi) is 20.0. The number of nitrogens with one attached hydrogen (secondary N) is 1. The summed E-state index contributed by atoms with van der Waals surface area (Å²) in [6.07, 6.45) is 2.01. The Balaban J connectivity index is 0.000000687. The summed E-state index contributed by atoms with van der Waals surface area (Å²) >= 11 is 4.80. The van der Waals surface area contributed by atoms with E-state index >= 15 is 0 Å². The predicted molar refractivity (Wildman–Crippen MR) is 190 cm³/mol. The number of sulfonamides is 1. The third-order valence-electron chi connectivity index (χ3n) is 7.46. The molecule has 14 heteroatoms. The number of hydrogen-bond acceptors (Lipinski definition) is 9. The monoisotopic (exact) mass is 711 g/mol. The average Bonchev–Trinajstić information content (AvgIpc) is 3.58. The van der Waals surface area contributed by atoms with E-state index in [1.54, 1.807) is 38.4 Å². The molecule has 270 valence electrons. The number of carbonyl (C=O) groups is 3. The van der Waals surface area contributed by atoms with Crippen LogP contribution < -0.4 is 15.8 Å². The third kappa shape index (κ3) is 14.9. The van der Waals surface area contributed by atoms with Gasteiger partial charge >= 0.3 is 11.5 Å². The van der Waals surface area contributed by atoms with Gasteiger partial charge in [0.05, 0.1) is 11.5 Å². The molecule has 12 nitrogen and oxygen atoms in total. The van der Waals surface area contributed by atoms with Gasteiger partial charge in [-0.05, 0) is 87.6 Å². The Labute approximate surface area is 291 Å². The van der Waals surface area contributed by atoms with E-state index in [4.69, 9.17) is 22.1 Å². The van der Waals surface area contributed by atoms with Crippen LogP contribution in [0.2, 0.25) is 0 Å². The molecule has 1 heterocycles. The van der Waals surface area contributed by atoms with Crippen molar-refractivity contribution < 1.29 is 32.3 Å². The van der Waals surface area contributed by atoms with E-state index in [9.17, 15) is 22.8 Å². The number of amides is 2. The highest BCUT2D eigenvalue weighted by atomic mass is 35.5. The van der Waals surface area contributed by atoms with E-state index in [-0.39, 0.29) is 16.8 Å². The van der Waals surface area contributed by atoms with Gasteiger partial charge in [0, 0.05) is 44.8 Å². The predicted octanol–water partition coefficient (Wildman–Crippen LogP) is 5.23. The fourth-order valence-corrected chi connectivity index (χ4v) is 6.44. The molecule has 0 bridgehead atoms. The minimum atomic E-state index is -3.79. The van der Waals surface area contributed by atoms with Crippen LogP contribution in [0, 0.1) is 0 Å². The lowest BCUT2D eigenvalue weighted by Crippen LogP contribution is -2.48. The topological polar surface area (TPSA) is 152 Å². The summed E-state index contributed by atoms with van der Waals surface area (Å²) < 4.78 is 37.1. The van der Waals surface area contributed by atoms with Crippen LogP contribution >= 0.6 is 11.6 Å². The molecule has 0 aromatic heterocycles.